The fourth-order valence-corrected chi connectivity index (χ4v) is 6.65. The maximum absolute atomic E-state index is 13.9. The Labute approximate surface area is 241 Å². The minimum atomic E-state index is -0.903. The maximum atomic E-state index is 13.9. The standard InChI is InChI=1S/C29H22N6O4S2/c1-15-23(26(36)33-28-31-19-10-3-5-12-21(19)40-28)25(17-8-7-9-18(14-17)35(38)39)24(16(2)30-15)27(37)34-29-32-20-11-4-6-13-22(20)41-29/h3-14,25,30H,1-2H3,(H,31,33,36)(H,32,34,37). The minimum Gasteiger partial charge on any atom is -0.362 e. The number of benzene rings is 3. The van der Waals surface area contributed by atoms with Crippen LogP contribution in [0.4, 0.5) is 16.0 Å². The number of nitro benzene ring substituents is 1. The lowest BCUT2D eigenvalue weighted by Crippen LogP contribution is -2.35. The molecule has 0 atom stereocenters. The first-order chi connectivity index (χ1) is 19.8. The van der Waals surface area contributed by atoms with E-state index in [2.05, 4.69) is 25.9 Å². The van der Waals surface area contributed by atoms with Gasteiger partial charge in [0.15, 0.2) is 10.3 Å². The zero-order valence-electron chi connectivity index (χ0n) is 21.8. The number of nitrogens with one attached hydrogen (secondary N) is 3. The average Bonchev–Trinajstić information content (AvgIpc) is 3.55. The summed E-state index contributed by atoms with van der Waals surface area (Å²) in [5, 5.41) is 21.4. The van der Waals surface area contributed by atoms with E-state index in [0.717, 1.165) is 20.4 Å². The van der Waals surface area contributed by atoms with Crippen molar-refractivity contribution in [1.82, 2.24) is 15.3 Å². The Morgan fingerprint density at radius 3 is 1.80 bits per heavy atom. The molecule has 3 heterocycles. The number of aromatic nitrogens is 2. The van der Waals surface area contributed by atoms with Crippen LogP contribution in [-0.4, -0.2) is 26.7 Å². The Hall–Kier alpha value is -4.94. The van der Waals surface area contributed by atoms with Crippen LogP contribution in [0.3, 0.4) is 0 Å². The van der Waals surface area contributed by atoms with Gasteiger partial charge >= 0.3 is 0 Å². The monoisotopic (exact) mass is 582 g/mol. The number of nitro groups is 1. The maximum Gasteiger partial charge on any atom is 0.269 e. The van der Waals surface area contributed by atoms with Gasteiger partial charge in [0.25, 0.3) is 17.5 Å². The van der Waals surface area contributed by atoms with Crippen molar-refractivity contribution in [3.05, 3.63) is 111 Å². The summed E-state index contributed by atoms with van der Waals surface area (Å²) in [6.45, 7) is 3.48. The molecule has 5 aromatic rings. The molecule has 41 heavy (non-hydrogen) atoms. The summed E-state index contributed by atoms with van der Waals surface area (Å²) in [4.78, 5) is 47.9. The molecule has 0 spiro atoms. The predicted molar refractivity (Wildman–Crippen MR) is 161 cm³/mol. The molecule has 1 aliphatic heterocycles. The van der Waals surface area contributed by atoms with Gasteiger partial charge in [0.05, 0.1) is 25.4 Å². The zero-order valence-corrected chi connectivity index (χ0v) is 23.4. The highest BCUT2D eigenvalue weighted by Crippen LogP contribution is 2.41. The number of amides is 2. The summed E-state index contributed by atoms with van der Waals surface area (Å²) in [5.41, 5.74) is 3.35. The number of para-hydroxylation sites is 2. The molecule has 0 aliphatic carbocycles. The third-order valence-corrected chi connectivity index (χ3v) is 8.60. The molecule has 10 nitrogen and oxygen atoms in total. The second kappa shape index (κ2) is 10.6. The van der Waals surface area contributed by atoms with Gasteiger partial charge in [-0.2, -0.15) is 0 Å². The molecule has 2 amide bonds. The number of rotatable bonds is 6. The number of allylic oxidation sites excluding steroid dienone is 2. The van der Waals surface area contributed by atoms with Crippen LogP contribution in [0.5, 0.6) is 0 Å². The lowest BCUT2D eigenvalue weighted by atomic mass is 9.79. The van der Waals surface area contributed by atoms with Gasteiger partial charge < -0.3 is 5.32 Å². The Morgan fingerprint density at radius 2 is 1.32 bits per heavy atom. The number of fused-ring (bicyclic) bond motifs is 2. The Bertz CT molecular complexity index is 1760. The van der Waals surface area contributed by atoms with E-state index in [4.69, 9.17) is 0 Å². The van der Waals surface area contributed by atoms with E-state index in [1.807, 2.05) is 48.5 Å². The van der Waals surface area contributed by atoms with Crippen molar-refractivity contribution < 1.29 is 14.5 Å². The second-order valence-electron chi connectivity index (χ2n) is 9.37. The van der Waals surface area contributed by atoms with E-state index >= 15 is 0 Å². The number of hydrogen-bond acceptors (Lipinski definition) is 9. The number of dihydropyridines is 1. The molecule has 12 heteroatoms. The number of anilines is 2. The molecule has 2 aromatic heterocycles. The first-order valence-electron chi connectivity index (χ1n) is 12.6. The lowest BCUT2D eigenvalue weighted by Gasteiger charge is -2.31. The quantitative estimate of drug-likeness (QED) is 0.157. The number of carbonyl (C=O) groups is 2. The Balaban J connectivity index is 1.41. The van der Waals surface area contributed by atoms with Crippen molar-refractivity contribution in [3.8, 4) is 0 Å². The van der Waals surface area contributed by atoms with Crippen LogP contribution in [0.1, 0.15) is 25.3 Å². The van der Waals surface area contributed by atoms with Crippen LogP contribution >= 0.6 is 22.7 Å². The largest absolute Gasteiger partial charge is 0.362 e. The number of nitrogens with zero attached hydrogens (tertiary/aromatic N) is 3. The van der Waals surface area contributed by atoms with Gasteiger partial charge in [-0.15, -0.1) is 0 Å². The number of hydrogen-bond donors (Lipinski definition) is 3. The van der Waals surface area contributed by atoms with E-state index in [1.54, 1.807) is 26.0 Å². The highest BCUT2D eigenvalue weighted by molar-refractivity contribution is 7.22. The third kappa shape index (κ3) is 5.06. The molecule has 0 fully saturated rings. The fourth-order valence-electron chi connectivity index (χ4n) is 4.93. The van der Waals surface area contributed by atoms with Crippen molar-refractivity contribution in [2.75, 3.05) is 10.6 Å². The Kier molecular flexibility index (Phi) is 6.77. The predicted octanol–water partition coefficient (Wildman–Crippen LogP) is 6.33. The molecule has 1 aliphatic rings. The van der Waals surface area contributed by atoms with E-state index in [-0.39, 0.29) is 16.8 Å². The number of thiazole rings is 2. The van der Waals surface area contributed by atoms with Crippen molar-refractivity contribution in [3.63, 3.8) is 0 Å². The van der Waals surface area contributed by atoms with Gasteiger partial charge in [0.2, 0.25) is 0 Å². The normalized spacial score (nSPS) is 13.9. The van der Waals surface area contributed by atoms with Crippen LogP contribution in [0, 0.1) is 10.1 Å². The van der Waals surface area contributed by atoms with E-state index in [1.165, 1.54) is 34.8 Å². The molecular weight excluding hydrogens is 560 g/mol. The lowest BCUT2D eigenvalue weighted by molar-refractivity contribution is -0.384. The van der Waals surface area contributed by atoms with Crippen molar-refractivity contribution in [2.45, 2.75) is 19.8 Å². The number of non-ortho nitro benzene ring substituents is 1. The highest BCUT2D eigenvalue weighted by Gasteiger charge is 2.37. The molecule has 3 N–H and O–H groups in total. The van der Waals surface area contributed by atoms with E-state index < -0.39 is 22.7 Å². The third-order valence-electron chi connectivity index (χ3n) is 6.69. The molecule has 0 saturated carbocycles. The van der Waals surface area contributed by atoms with Gasteiger partial charge in [-0.1, -0.05) is 59.1 Å². The molecular formula is C29H22N6O4S2. The van der Waals surface area contributed by atoms with Gasteiger partial charge in [0, 0.05) is 40.6 Å². The summed E-state index contributed by atoms with van der Waals surface area (Å²) in [7, 11) is 0. The van der Waals surface area contributed by atoms with Crippen molar-refractivity contribution in [2.24, 2.45) is 0 Å². The molecule has 0 saturated heterocycles. The van der Waals surface area contributed by atoms with Crippen LogP contribution in [-0.2, 0) is 9.59 Å². The molecule has 204 valence electrons. The summed E-state index contributed by atoms with van der Waals surface area (Å²) < 4.78 is 1.83. The molecule has 3 aromatic carbocycles. The van der Waals surface area contributed by atoms with Gasteiger partial charge in [-0.05, 0) is 43.7 Å². The average molecular weight is 583 g/mol. The van der Waals surface area contributed by atoms with Crippen LogP contribution in [0.15, 0.2) is 95.3 Å². The Morgan fingerprint density at radius 1 is 0.805 bits per heavy atom. The first-order valence-corrected chi connectivity index (χ1v) is 14.2. The first kappa shape index (κ1) is 26.3. The van der Waals surface area contributed by atoms with Crippen LogP contribution in [0.2, 0.25) is 0 Å². The molecule has 0 bridgehead atoms. The molecule has 0 radical (unpaired) electrons. The van der Waals surface area contributed by atoms with Crippen LogP contribution in [0.25, 0.3) is 20.4 Å². The second-order valence-corrected chi connectivity index (χ2v) is 11.4. The van der Waals surface area contributed by atoms with E-state index in [9.17, 15) is 19.7 Å². The minimum absolute atomic E-state index is 0.145. The van der Waals surface area contributed by atoms with Crippen molar-refractivity contribution in [1.29, 1.82) is 0 Å². The fraction of sp³-hybridized carbons (Fsp3) is 0.103. The zero-order chi connectivity index (χ0) is 28.7. The van der Waals surface area contributed by atoms with Gasteiger partial charge in [-0.25, -0.2) is 9.97 Å². The molecule has 0 unspecified atom stereocenters. The van der Waals surface area contributed by atoms with Gasteiger partial charge in [0.1, 0.15) is 0 Å². The van der Waals surface area contributed by atoms with Crippen molar-refractivity contribution >= 4 is 70.9 Å². The number of carbonyl (C=O) groups excluding carboxylic acids is 2. The smallest absolute Gasteiger partial charge is 0.269 e. The van der Waals surface area contributed by atoms with Gasteiger partial charge in [-0.3, -0.25) is 30.3 Å². The summed E-state index contributed by atoms with van der Waals surface area (Å²) in [6.07, 6.45) is 0. The SMILES string of the molecule is CC1=C(C(=O)Nc2nc3ccccc3s2)C(c2cccc([N+](=O)[O-])c2)C(C(=O)Nc2nc3ccccc3s2)=C(C)N1. The summed E-state index contributed by atoms with van der Waals surface area (Å²) in [5.74, 6) is -1.84. The molecule has 6 rings (SSSR count). The van der Waals surface area contributed by atoms with E-state index in [0.29, 0.717) is 27.2 Å². The van der Waals surface area contributed by atoms with Crippen LogP contribution < -0.4 is 16.0 Å². The highest BCUT2D eigenvalue weighted by atomic mass is 32.1. The summed E-state index contributed by atoms with van der Waals surface area (Å²) in [6, 6.07) is 21.1. The topological polar surface area (TPSA) is 139 Å². The summed E-state index contributed by atoms with van der Waals surface area (Å²) >= 11 is 2.66.